The number of nitrogens with zero attached hydrogens (tertiary/aromatic N) is 1. The number of esters is 1. The Morgan fingerprint density at radius 3 is 2.47 bits per heavy atom. The van der Waals surface area contributed by atoms with E-state index >= 15 is 0 Å². The number of rotatable bonds is 3. The molecule has 3 nitrogen and oxygen atoms in total. The van der Waals surface area contributed by atoms with Crippen molar-refractivity contribution in [2.24, 2.45) is 5.41 Å². The zero-order valence-electron chi connectivity index (χ0n) is 9.49. The zero-order valence-corrected chi connectivity index (χ0v) is 9.49. The Hall–Kier alpha value is -1.38. The molecule has 1 aromatic heterocycles. The number of pyridine rings is 1. The highest BCUT2D eigenvalue weighted by molar-refractivity contribution is 5.70. The zero-order chi connectivity index (χ0) is 11.3. The molecule has 0 bridgehead atoms. The molecule has 0 unspecified atom stereocenters. The summed E-state index contributed by atoms with van der Waals surface area (Å²) in [6.45, 7) is 6.37. The summed E-state index contributed by atoms with van der Waals surface area (Å²) in [5.41, 5.74) is 0.947. The van der Waals surface area contributed by atoms with Crippen LogP contribution in [-0.4, -0.2) is 11.0 Å². The third-order valence-corrected chi connectivity index (χ3v) is 1.82. The fourth-order valence-electron chi connectivity index (χ4n) is 1.13. The Morgan fingerprint density at radius 1 is 1.33 bits per heavy atom. The average Bonchev–Trinajstić information content (AvgIpc) is 2.14. The largest absolute Gasteiger partial charge is 0.461 e. The van der Waals surface area contributed by atoms with Crippen molar-refractivity contribution in [3.05, 3.63) is 30.1 Å². The van der Waals surface area contributed by atoms with E-state index in [4.69, 9.17) is 4.74 Å². The van der Waals surface area contributed by atoms with Crippen LogP contribution in [0.2, 0.25) is 0 Å². The normalized spacial score (nSPS) is 11.1. The number of aromatic nitrogens is 1. The maximum Gasteiger partial charge on any atom is 0.306 e. The number of carbonyl (C=O) groups is 1. The molecule has 0 fully saturated rings. The molecular weight excluding hydrogens is 190 g/mol. The Balaban J connectivity index is 2.35. The number of hydrogen-bond donors (Lipinski definition) is 0. The van der Waals surface area contributed by atoms with E-state index in [1.54, 1.807) is 12.4 Å². The third-order valence-electron chi connectivity index (χ3n) is 1.82. The minimum atomic E-state index is -0.153. The highest BCUT2D eigenvalue weighted by Crippen LogP contribution is 2.19. The fraction of sp³-hybridized carbons (Fsp3) is 0.500. The van der Waals surface area contributed by atoms with Crippen LogP contribution in [-0.2, 0) is 16.1 Å². The van der Waals surface area contributed by atoms with Gasteiger partial charge in [-0.05, 0) is 23.1 Å². The van der Waals surface area contributed by atoms with Gasteiger partial charge < -0.3 is 4.74 Å². The van der Waals surface area contributed by atoms with E-state index in [0.29, 0.717) is 13.0 Å². The van der Waals surface area contributed by atoms with E-state index in [9.17, 15) is 4.79 Å². The average molecular weight is 207 g/mol. The standard InChI is InChI=1S/C12H17NO2/c1-12(2,3)8-11(14)15-9-10-4-6-13-7-5-10/h4-7H,8-9H2,1-3H3. The van der Waals surface area contributed by atoms with Gasteiger partial charge >= 0.3 is 5.97 Å². The van der Waals surface area contributed by atoms with Crippen LogP contribution in [0, 0.1) is 5.41 Å². The second-order valence-corrected chi connectivity index (χ2v) is 4.75. The molecule has 0 saturated heterocycles. The Morgan fingerprint density at radius 2 is 1.93 bits per heavy atom. The molecule has 0 aromatic carbocycles. The van der Waals surface area contributed by atoms with Gasteiger partial charge in [-0.2, -0.15) is 0 Å². The molecule has 0 aliphatic rings. The van der Waals surface area contributed by atoms with Gasteiger partial charge in [0, 0.05) is 12.4 Å². The van der Waals surface area contributed by atoms with E-state index in [0.717, 1.165) is 5.56 Å². The van der Waals surface area contributed by atoms with Crippen molar-refractivity contribution in [1.29, 1.82) is 0 Å². The van der Waals surface area contributed by atoms with Crippen LogP contribution in [0.4, 0.5) is 0 Å². The fourth-order valence-corrected chi connectivity index (χ4v) is 1.13. The summed E-state index contributed by atoms with van der Waals surface area (Å²) in [7, 11) is 0. The first-order valence-corrected chi connectivity index (χ1v) is 5.02. The lowest BCUT2D eigenvalue weighted by Gasteiger charge is -2.16. The van der Waals surface area contributed by atoms with Gasteiger partial charge in [-0.1, -0.05) is 20.8 Å². The topological polar surface area (TPSA) is 39.2 Å². The van der Waals surface area contributed by atoms with Crippen molar-refractivity contribution in [3.8, 4) is 0 Å². The Bertz CT molecular complexity index is 314. The minimum absolute atomic E-state index is 0.0185. The van der Waals surface area contributed by atoms with Gasteiger partial charge in [0.25, 0.3) is 0 Å². The molecule has 0 saturated carbocycles. The van der Waals surface area contributed by atoms with Crippen molar-refractivity contribution in [3.63, 3.8) is 0 Å². The minimum Gasteiger partial charge on any atom is -0.461 e. The summed E-state index contributed by atoms with van der Waals surface area (Å²) < 4.78 is 5.14. The first kappa shape index (κ1) is 11.7. The smallest absolute Gasteiger partial charge is 0.306 e. The van der Waals surface area contributed by atoms with Gasteiger partial charge in [-0.15, -0.1) is 0 Å². The first-order valence-electron chi connectivity index (χ1n) is 5.02. The van der Waals surface area contributed by atoms with Crippen molar-refractivity contribution in [1.82, 2.24) is 4.98 Å². The highest BCUT2D eigenvalue weighted by atomic mass is 16.5. The molecule has 1 rings (SSSR count). The molecule has 15 heavy (non-hydrogen) atoms. The molecule has 0 aliphatic carbocycles. The SMILES string of the molecule is CC(C)(C)CC(=O)OCc1ccncc1. The van der Waals surface area contributed by atoms with E-state index in [1.165, 1.54) is 0 Å². The van der Waals surface area contributed by atoms with Crippen LogP contribution in [0.1, 0.15) is 32.8 Å². The summed E-state index contributed by atoms with van der Waals surface area (Å²) in [6.07, 6.45) is 3.82. The molecule has 82 valence electrons. The molecule has 1 heterocycles. The molecule has 0 spiro atoms. The van der Waals surface area contributed by atoms with Crippen molar-refractivity contribution < 1.29 is 9.53 Å². The van der Waals surface area contributed by atoms with Gasteiger partial charge in [-0.25, -0.2) is 0 Å². The molecule has 0 atom stereocenters. The predicted octanol–water partition coefficient (Wildman–Crippen LogP) is 2.56. The lowest BCUT2D eigenvalue weighted by molar-refractivity contribution is -0.147. The van der Waals surface area contributed by atoms with Gasteiger partial charge in [0.15, 0.2) is 0 Å². The monoisotopic (exact) mass is 207 g/mol. The van der Waals surface area contributed by atoms with Crippen LogP contribution in [0.5, 0.6) is 0 Å². The molecule has 3 heteroatoms. The van der Waals surface area contributed by atoms with Crippen LogP contribution in [0.25, 0.3) is 0 Å². The van der Waals surface area contributed by atoms with Crippen LogP contribution in [0.15, 0.2) is 24.5 Å². The lowest BCUT2D eigenvalue weighted by atomic mass is 9.92. The quantitative estimate of drug-likeness (QED) is 0.715. The maximum absolute atomic E-state index is 11.4. The molecule has 0 amide bonds. The number of ether oxygens (including phenoxy) is 1. The van der Waals surface area contributed by atoms with E-state index in [1.807, 2.05) is 32.9 Å². The van der Waals surface area contributed by atoms with Crippen LogP contribution >= 0.6 is 0 Å². The highest BCUT2D eigenvalue weighted by Gasteiger charge is 2.16. The van der Waals surface area contributed by atoms with Gasteiger partial charge in [0.1, 0.15) is 6.61 Å². The molecule has 0 aliphatic heterocycles. The van der Waals surface area contributed by atoms with E-state index in [2.05, 4.69) is 4.98 Å². The maximum atomic E-state index is 11.4. The second kappa shape index (κ2) is 4.91. The van der Waals surface area contributed by atoms with Crippen molar-refractivity contribution in [2.45, 2.75) is 33.8 Å². The number of carbonyl (C=O) groups excluding carboxylic acids is 1. The van der Waals surface area contributed by atoms with E-state index < -0.39 is 0 Å². The first-order chi connectivity index (χ1) is 6.97. The van der Waals surface area contributed by atoms with Crippen molar-refractivity contribution in [2.75, 3.05) is 0 Å². The molecular formula is C12H17NO2. The summed E-state index contributed by atoms with van der Waals surface area (Å²) >= 11 is 0. The van der Waals surface area contributed by atoms with Gasteiger partial charge in [0.2, 0.25) is 0 Å². The van der Waals surface area contributed by atoms with Gasteiger partial charge in [0.05, 0.1) is 6.42 Å². The summed E-state index contributed by atoms with van der Waals surface area (Å²) in [6, 6.07) is 3.68. The predicted molar refractivity (Wildman–Crippen MR) is 58.1 cm³/mol. The van der Waals surface area contributed by atoms with Crippen molar-refractivity contribution >= 4 is 5.97 Å². The van der Waals surface area contributed by atoms with Crippen LogP contribution in [0.3, 0.4) is 0 Å². The number of hydrogen-bond acceptors (Lipinski definition) is 3. The third kappa shape index (κ3) is 5.15. The molecule has 0 radical (unpaired) electrons. The Kier molecular flexibility index (Phi) is 3.83. The molecule has 0 N–H and O–H groups in total. The summed E-state index contributed by atoms with van der Waals surface area (Å²) in [5, 5.41) is 0. The summed E-state index contributed by atoms with van der Waals surface area (Å²) in [4.78, 5) is 15.3. The molecule has 1 aromatic rings. The van der Waals surface area contributed by atoms with Gasteiger partial charge in [-0.3, -0.25) is 9.78 Å². The second-order valence-electron chi connectivity index (χ2n) is 4.75. The lowest BCUT2D eigenvalue weighted by Crippen LogP contribution is -2.15. The van der Waals surface area contributed by atoms with Crippen LogP contribution < -0.4 is 0 Å². The summed E-state index contributed by atoms with van der Waals surface area (Å²) in [5.74, 6) is -0.153. The van der Waals surface area contributed by atoms with E-state index in [-0.39, 0.29) is 11.4 Å². The Labute approximate surface area is 90.5 Å².